The summed E-state index contributed by atoms with van der Waals surface area (Å²) >= 11 is 1.55. The zero-order valence-electron chi connectivity index (χ0n) is 11.3. The topological polar surface area (TPSA) is 82.5 Å². The summed E-state index contributed by atoms with van der Waals surface area (Å²) in [7, 11) is 0. The van der Waals surface area contributed by atoms with E-state index in [9.17, 15) is 15.0 Å². The molecule has 0 saturated heterocycles. The predicted octanol–water partition coefficient (Wildman–Crippen LogP) is 2.61. The molecule has 1 heterocycles. The average Bonchev–Trinajstić information content (AvgIpc) is 2.90. The van der Waals surface area contributed by atoms with E-state index in [4.69, 9.17) is 0 Å². The fourth-order valence-electron chi connectivity index (χ4n) is 1.73. The summed E-state index contributed by atoms with van der Waals surface area (Å²) in [5.41, 5.74) is 0.0455. The molecule has 0 aliphatic rings. The van der Waals surface area contributed by atoms with E-state index in [1.54, 1.807) is 17.5 Å². The van der Waals surface area contributed by atoms with Crippen LogP contribution in [0.2, 0.25) is 0 Å². The lowest BCUT2D eigenvalue weighted by molar-refractivity contribution is 0.0936. The number of nitrogens with one attached hydrogen (secondary N) is 1. The van der Waals surface area contributed by atoms with E-state index in [1.165, 1.54) is 18.2 Å². The molecule has 1 unspecified atom stereocenters. The van der Waals surface area contributed by atoms with Crippen LogP contribution in [0.25, 0.3) is 0 Å². The first-order chi connectivity index (χ1) is 9.51. The van der Waals surface area contributed by atoms with Crippen LogP contribution < -0.4 is 5.32 Å². The molecule has 20 heavy (non-hydrogen) atoms. The van der Waals surface area contributed by atoms with E-state index in [0.717, 1.165) is 16.3 Å². The number of phenols is 2. The third-order valence-electron chi connectivity index (χ3n) is 2.86. The van der Waals surface area contributed by atoms with Crippen molar-refractivity contribution in [1.29, 1.82) is 0 Å². The lowest BCUT2D eigenvalue weighted by Gasteiger charge is -2.12. The van der Waals surface area contributed by atoms with Gasteiger partial charge in [-0.1, -0.05) is 6.92 Å². The molecule has 5 nitrogen and oxygen atoms in total. The smallest absolute Gasteiger partial charge is 0.255 e. The van der Waals surface area contributed by atoms with Gasteiger partial charge in [0.05, 0.1) is 11.6 Å². The number of aromatic nitrogens is 1. The van der Waals surface area contributed by atoms with Crippen molar-refractivity contribution in [3.63, 3.8) is 0 Å². The number of hydrogen-bond acceptors (Lipinski definition) is 5. The highest BCUT2D eigenvalue weighted by Crippen LogP contribution is 2.24. The largest absolute Gasteiger partial charge is 0.508 e. The normalized spacial score (nSPS) is 12.1. The molecular formula is C14H16N2O3S. The van der Waals surface area contributed by atoms with E-state index < -0.39 is 5.91 Å². The molecule has 1 aromatic heterocycles. The second kappa shape index (κ2) is 5.92. The summed E-state index contributed by atoms with van der Waals surface area (Å²) in [4.78, 5) is 17.5. The molecule has 1 atom stereocenters. The summed E-state index contributed by atoms with van der Waals surface area (Å²) in [5.74, 6) is -0.678. The molecule has 0 fully saturated rings. The first-order valence-electron chi connectivity index (χ1n) is 6.28. The number of thiazole rings is 1. The van der Waals surface area contributed by atoms with Crippen molar-refractivity contribution in [2.45, 2.75) is 26.3 Å². The Bertz CT molecular complexity index is 625. The van der Waals surface area contributed by atoms with Gasteiger partial charge in [0.15, 0.2) is 0 Å². The average molecular weight is 292 g/mol. The summed E-state index contributed by atoms with van der Waals surface area (Å²) in [6, 6.07) is 3.59. The summed E-state index contributed by atoms with van der Waals surface area (Å²) in [6.45, 7) is 3.88. The quantitative estimate of drug-likeness (QED) is 0.756. The lowest BCUT2D eigenvalue weighted by Crippen LogP contribution is -2.26. The molecular weight excluding hydrogens is 276 g/mol. The number of benzene rings is 1. The molecule has 0 aliphatic heterocycles. The Morgan fingerprint density at radius 2 is 2.20 bits per heavy atom. The maximum atomic E-state index is 12.1. The highest BCUT2D eigenvalue weighted by atomic mass is 32.1. The van der Waals surface area contributed by atoms with E-state index in [1.807, 2.05) is 13.8 Å². The van der Waals surface area contributed by atoms with Gasteiger partial charge < -0.3 is 15.5 Å². The fourth-order valence-corrected chi connectivity index (χ4v) is 2.59. The van der Waals surface area contributed by atoms with Gasteiger partial charge in [-0.25, -0.2) is 4.98 Å². The molecule has 1 aromatic carbocycles. The molecule has 0 radical (unpaired) electrons. The van der Waals surface area contributed by atoms with Crippen molar-refractivity contribution in [3.05, 3.63) is 39.8 Å². The highest BCUT2D eigenvalue weighted by Gasteiger charge is 2.17. The van der Waals surface area contributed by atoms with Gasteiger partial charge in [0.2, 0.25) is 0 Å². The minimum atomic E-state index is -0.445. The Labute approximate surface area is 120 Å². The first kappa shape index (κ1) is 14.3. The summed E-state index contributed by atoms with van der Waals surface area (Å²) < 4.78 is 0. The minimum Gasteiger partial charge on any atom is -0.508 e. The number of carbonyl (C=O) groups excluding carboxylic acids is 1. The molecule has 0 saturated carbocycles. The zero-order valence-corrected chi connectivity index (χ0v) is 12.1. The number of aromatic hydroxyl groups is 2. The van der Waals surface area contributed by atoms with Crippen molar-refractivity contribution >= 4 is 17.2 Å². The molecule has 0 bridgehead atoms. The van der Waals surface area contributed by atoms with Gasteiger partial charge in [-0.05, 0) is 31.5 Å². The third kappa shape index (κ3) is 3.08. The van der Waals surface area contributed by atoms with Crippen molar-refractivity contribution in [2.24, 2.45) is 0 Å². The molecule has 106 valence electrons. The van der Waals surface area contributed by atoms with E-state index in [0.29, 0.717) is 0 Å². The second-order valence-electron chi connectivity index (χ2n) is 4.41. The lowest BCUT2D eigenvalue weighted by atomic mass is 10.1. The number of phenolic OH excluding ortho intramolecular Hbond substituents is 2. The molecule has 0 aliphatic carbocycles. The number of aryl methyl sites for hydroxylation is 1. The second-order valence-corrected chi connectivity index (χ2v) is 5.56. The van der Waals surface area contributed by atoms with Crippen molar-refractivity contribution < 1.29 is 15.0 Å². The van der Waals surface area contributed by atoms with Crippen LogP contribution in [0.1, 0.15) is 40.1 Å². The van der Waals surface area contributed by atoms with Crippen molar-refractivity contribution in [1.82, 2.24) is 10.3 Å². The molecule has 2 rings (SSSR count). The van der Waals surface area contributed by atoms with E-state index in [2.05, 4.69) is 10.3 Å². The van der Waals surface area contributed by atoms with Crippen LogP contribution in [0.5, 0.6) is 11.5 Å². The van der Waals surface area contributed by atoms with Crippen molar-refractivity contribution in [3.8, 4) is 11.5 Å². The van der Waals surface area contributed by atoms with Crippen LogP contribution in [-0.4, -0.2) is 21.1 Å². The standard InChI is InChI=1S/C14H16N2O3S/c1-3-10-7-15-14(20-10)8(2)16-13(19)11-6-9(17)4-5-12(11)18/h4-8,17-18H,3H2,1-2H3,(H,16,19). The monoisotopic (exact) mass is 292 g/mol. The SMILES string of the molecule is CCc1cnc(C(C)NC(=O)c2cc(O)ccc2O)s1. The molecule has 1 amide bonds. The van der Waals surface area contributed by atoms with Gasteiger partial charge in [0.1, 0.15) is 16.5 Å². The van der Waals surface area contributed by atoms with Crippen LogP contribution in [0, 0.1) is 0 Å². The molecule has 3 N–H and O–H groups in total. The van der Waals surface area contributed by atoms with Gasteiger partial charge in [0.25, 0.3) is 5.91 Å². The van der Waals surface area contributed by atoms with E-state index >= 15 is 0 Å². The maximum Gasteiger partial charge on any atom is 0.255 e. The van der Waals surface area contributed by atoms with Crippen LogP contribution in [0.3, 0.4) is 0 Å². The number of carbonyl (C=O) groups is 1. The van der Waals surface area contributed by atoms with Crippen LogP contribution in [-0.2, 0) is 6.42 Å². The number of hydrogen-bond donors (Lipinski definition) is 3. The number of amides is 1. The Kier molecular flexibility index (Phi) is 4.24. The Morgan fingerprint density at radius 3 is 2.85 bits per heavy atom. The van der Waals surface area contributed by atoms with Gasteiger partial charge in [-0.3, -0.25) is 4.79 Å². The Hall–Kier alpha value is -2.08. The molecule has 6 heteroatoms. The van der Waals surface area contributed by atoms with Crippen LogP contribution in [0.4, 0.5) is 0 Å². The molecule has 2 aromatic rings. The predicted molar refractivity (Wildman–Crippen MR) is 77.1 cm³/mol. The number of nitrogens with zero attached hydrogens (tertiary/aromatic N) is 1. The Balaban J connectivity index is 2.12. The first-order valence-corrected chi connectivity index (χ1v) is 7.10. The van der Waals surface area contributed by atoms with Crippen LogP contribution >= 0.6 is 11.3 Å². The van der Waals surface area contributed by atoms with Crippen LogP contribution in [0.15, 0.2) is 24.4 Å². The summed E-state index contributed by atoms with van der Waals surface area (Å²) in [5, 5.41) is 22.6. The molecule has 0 spiro atoms. The third-order valence-corrected chi connectivity index (χ3v) is 4.19. The highest BCUT2D eigenvalue weighted by molar-refractivity contribution is 7.11. The van der Waals surface area contributed by atoms with Gasteiger partial charge in [0, 0.05) is 11.1 Å². The summed E-state index contributed by atoms with van der Waals surface area (Å²) in [6.07, 6.45) is 2.71. The van der Waals surface area contributed by atoms with E-state index in [-0.39, 0.29) is 23.1 Å². The zero-order chi connectivity index (χ0) is 14.7. The van der Waals surface area contributed by atoms with Gasteiger partial charge >= 0.3 is 0 Å². The van der Waals surface area contributed by atoms with Gasteiger partial charge in [-0.15, -0.1) is 11.3 Å². The minimum absolute atomic E-state index is 0.0455. The maximum absolute atomic E-state index is 12.1. The number of rotatable bonds is 4. The Morgan fingerprint density at radius 1 is 1.45 bits per heavy atom. The van der Waals surface area contributed by atoms with Crippen molar-refractivity contribution in [2.75, 3.05) is 0 Å². The fraction of sp³-hybridized carbons (Fsp3) is 0.286. The van der Waals surface area contributed by atoms with Gasteiger partial charge in [-0.2, -0.15) is 0 Å².